The second-order valence-corrected chi connectivity index (χ2v) is 10.3. The zero-order valence-electron chi connectivity index (χ0n) is 21.1. The van der Waals surface area contributed by atoms with E-state index in [1.807, 2.05) is 85.8 Å². The third kappa shape index (κ3) is 8.72. The van der Waals surface area contributed by atoms with Crippen LogP contribution < -0.4 is 5.32 Å². The maximum absolute atomic E-state index is 13.7. The van der Waals surface area contributed by atoms with Crippen molar-refractivity contribution in [2.75, 3.05) is 12.3 Å². The number of thioether (sulfide) groups is 1. The summed E-state index contributed by atoms with van der Waals surface area (Å²) in [5.41, 5.74) is 4.25. The Balaban J connectivity index is 1.84. The fourth-order valence-corrected chi connectivity index (χ4v) is 5.07. The second-order valence-electron chi connectivity index (χ2n) is 8.92. The lowest BCUT2D eigenvalue weighted by molar-refractivity contribution is -0.139. The van der Waals surface area contributed by atoms with E-state index in [-0.39, 0.29) is 17.6 Å². The molecule has 0 heterocycles. The van der Waals surface area contributed by atoms with Gasteiger partial charge in [-0.1, -0.05) is 91.7 Å². The first-order chi connectivity index (χ1) is 17.5. The summed E-state index contributed by atoms with van der Waals surface area (Å²) in [6.07, 6.45) is 2.37. The molecule has 6 heteroatoms. The second kappa shape index (κ2) is 14.7. The molecule has 0 spiro atoms. The number of nitrogens with one attached hydrogen (secondary N) is 1. The minimum Gasteiger partial charge on any atom is -0.354 e. The minimum absolute atomic E-state index is 0.0446. The van der Waals surface area contributed by atoms with Crippen molar-refractivity contribution in [3.05, 3.63) is 106 Å². The van der Waals surface area contributed by atoms with Crippen LogP contribution in [-0.4, -0.2) is 35.1 Å². The molecule has 0 aromatic heterocycles. The summed E-state index contributed by atoms with van der Waals surface area (Å²) < 4.78 is 0. The highest BCUT2D eigenvalue weighted by Crippen LogP contribution is 2.21. The summed E-state index contributed by atoms with van der Waals surface area (Å²) in [5.74, 6) is 0.814. The lowest BCUT2D eigenvalue weighted by Crippen LogP contribution is -2.51. The predicted octanol–water partition coefficient (Wildman–Crippen LogP) is 6.44. The Hall–Kier alpha value is -2.76. The fourth-order valence-electron chi connectivity index (χ4n) is 4.00. The van der Waals surface area contributed by atoms with Gasteiger partial charge in [0.25, 0.3) is 0 Å². The van der Waals surface area contributed by atoms with E-state index in [1.54, 1.807) is 16.7 Å². The van der Waals surface area contributed by atoms with Crippen molar-refractivity contribution in [1.29, 1.82) is 0 Å². The molecule has 190 valence electrons. The Morgan fingerprint density at radius 1 is 0.972 bits per heavy atom. The van der Waals surface area contributed by atoms with Crippen molar-refractivity contribution in [2.45, 2.75) is 51.4 Å². The number of carbonyl (C=O) groups excluding carboxylic acids is 2. The van der Waals surface area contributed by atoms with Gasteiger partial charge in [0.15, 0.2) is 0 Å². The van der Waals surface area contributed by atoms with Crippen molar-refractivity contribution in [3.8, 4) is 0 Å². The molecular weight excluding hydrogens is 488 g/mol. The first-order valence-electron chi connectivity index (χ1n) is 12.5. The number of halogens is 1. The van der Waals surface area contributed by atoms with E-state index in [1.165, 1.54) is 0 Å². The van der Waals surface area contributed by atoms with Gasteiger partial charge in [-0.2, -0.15) is 0 Å². The third-order valence-electron chi connectivity index (χ3n) is 6.09. The van der Waals surface area contributed by atoms with E-state index in [0.29, 0.717) is 30.3 Å². The normalized spacial score (nSPS) is 11.6. The summed E-state index contributed by atoms with van der Waals surface area (Å²) in [6.45, 7) is 5.14. The minimum atomic E-state index is -0.594. The van der Waals surface area contributed by atoms with Gasteiger partial charge < -0.3 is 10.2 Å². The molecule has 4 nitrogen and oxygen atoms in total. The number of unbranched alkanes of at least 4 members (excludes halogenated alkanes) is 1. The van der Waals surface area contributed by atoms with Gasteiger partial charge >= 0.3 is 0 Å². The van der Waals surface area contributed by atoms with Gasteiger partial charge in [0.2, 0.25) is 11.8 Å². The molecular formula is C30H35ClN2O2S. The van der Waals surface area contributed by atoms with Gasteiger partial charge in [-0.25, -0.2) is 0 Å². The number of nitrogens with zero attached hydrogens (tertiary/aromatic N) is 1. The van der Waals surface area contributed by atoms with Gasteiger partial charge in [-0.15, -0.1) is 11.8 Å². The van der Waals surface area contributed by atoms with Crippen molar-refractivity contribution in [2.24, 2.45) is 0 Å². The van der Waals surface area contributed by atoms with Crippen LogP contribution in [0.4, 0.5) is 0 Å². The summed E-state index contributed by atoms with van der Waals surface area (Å²) in [6, 6.07) is 25.1. The van der Waals surface area contributed by atoms with Crippen LogP contribution in [-0.2, 0) is 28.3 Å². The largest absolute Gasteiger partial charge is 0.354 e. The molecule has 1 N–H and O–H groups in total. The van der Waals surface area contributed by atoms with Gasteiger partial charge in [0.05, 0.1) is 5.75 Å². The summed E-state index contributed by atoms with van der Waals surface area (Å²) in [5, 5.41) is 3.76. The number of hydrogen-bond donors (Lipinski definition) is 1. The summed E-state index contributed by atoms with van der Waals surface area (Å²) in [4.78, 5) is 28.9. The molecule has 3 aromatic rings. The van der Waals surface area contributed by atoms with Crippen molar-refractivity contribution < 1.29 is 9.59 Å². The first kappa shape index (κ1) is 27.8. The molecule has 0 saturated carbocycles. The van der Waals surface area contributed by atoms with Gasteiger partial charge in [-0.05, 0) is 47.7 Å². The van der Waals surface area contributed by atoms with Crippen LogP contribution in [0.15, 0.2) is 78.9 Å². The molecule has 0 radical (unpaired) electrons. The number of carbonyl (C=O) groups is 2. The lowest BCUT2D eigenvalue weighted by Gasteiger charge is -2.32. The number of hydrogen-bond acceptors (Lipinski definition) is 3. The zero-order valence-corrected chi connectivity index (χ0v) is 22.7. The third-order valence-corrected chi connectivity index (χ3v) is 7.31. The van der Waals surface area contributed by atoms with Crippen molar-refractivity contribution >= 4 is 35.2 Å². The lowest BCUT2D eigenvalue weighted by atomic mass is 10.0. The first-order valence-corrected chi connectivity index (χ1v) is 14.0. The Labute approximate surface area is 224 Å². The molecule has 36 heavy (non-hydrogen) atoms. The maximum Gasteiger partial charge on any atom is 0.243 e. The highest BCUT2D eigenvalue weighted by Gasteiger charge is 2.30. The Kier molecular flexibility index (Phi) is 11.4. The zero-order chi connectivity index (χ0) is 25.8. The highest BCUT2D eigenvalue weighted by molar-refractivity contribution is 7.99. The number of aryl methyl sites for hydroxylation is 1. The number of benzene rings is 3. The van der Waals surface area contributed by atoms with Crippen molar-refractivity contribution in [1.82, 2.24) is 10.2 Å². The van der Waals surface area contributed by atoms with E-state index in [9.17, 15) is 9.59 Å². The molecule has 0 aliphatic rings. The van der Waals surface area contributed by atoms with Gasteiger partial charge in [0, 0.05) is 30.3 Å². The SMILES string of the molecule is CCCCNC(=O)[C@H](Cc1ccccc1)N(Cc1ccccc1C)C(=O)CSCc1cccc(Cl)c1. The standard InChI is InChI=1S/C30H35ClN2O2S/c1-3-4-17-32-30(35)28(19-24-12-6-5-7-13-24)33(20-26-15-9-8-11-23(26)2)29(34)22-36-21-25-14-10-16-27(31)18-25/h5-16,18,28H,3-4,17,19-22H2,1-2H3,(H,32,35)/t28-/m0/s1. The molecule has 0 saturated heterocycles. The van der Waals surface area contributed by atoms with Crippen LogP contribution in [0.3, 0.4) is 0 Å². The number of amides is 2. The van der Waals surface area contributed by atoms with Crippen LogP contribution in [0.1, 0.15) is 42.0 Å². The highest BCUT2D eigenvalue weighted by atomic mass is 35.5. The van der Waals surface area contributed by atoms with E-state index in [2.05, 4.69) is 12.2 Å². The van der Waals surface area contributed by atoms with Gasteiger partial charge in [-0.3, -0.25) is 9.59 Å². The number of rotatable bonds is 13. The van der Waals surface area contributed by atoms with E-state index >= 15 is 0 Å². The predicted molar refractivity (Wildman–Crippen MR) is 151 cm³/mol. The molecule has 0 fully saturated rings. The van der Waals surface area contributed by atoms with Gasteiger partial charge in [0.1, 0.15) is 6.04 Å². The molecule has 1 atom stereocenters. The van der Waals surface area contributed by atoms with Crippen LogP contribution in [0.25, 0.3) is 0 Å². The maximum atomic E-state index is 13.7. The van der Waals surface area contributed by atoms with E-state index < -0.39 is 6.04 Å². The Bertz CT molecular complexity index is 1120. The smallest absolute Gasteiger partial charge is 0.243 e. The average Bonchev–Trinajstić information content (AvgIpc) is 2.88. The molecule has 3 aromatic carbocycles. The van der Waals surface area contributed by atoms with Crippen LogP contribution >= 0.6 is 23.4 Å². The van der Waals surface area contributed by atoms with E-state index in [4.69, 9.17) is 11.6 Å². The molecule has 2 amide bonds. The molecule has 0 aliphatic heterocycles. The monoisotopic (exact) mass is 522 g/mol. The quantitative estimate of drug-likeness (QED) is 0.263. The fraction of sp³-hybridized carbons (Fsp3) is 0.333. The topological polar surface area (TPSA) is 49.4 Å². The molecule has 0 unspecified atom stereocenters. The van der Waals surface area contributed by atoms with Crippen LogP contribution in [0, 0.1) is 6.92 Å². The van der Waals surface area contributed by atoms with Crippen molar-refractivity contribution in [3.63, 3.8) is 0 Å². The van der Waals surface area contributed by atoms with Crippen LogP contribution in [0.5, 0.6) is 0 Å². The summed E-state index contributed by atoms with van der Waals surface area (Å²) in [7, 11) is 0. The molecule has 3 rings (SSSR count). The molecule has 0 aliphatic carbocycles. The Morgan fingerprint density at radius 2 is 1.69 bits per heavy atom. The molecule has 0 bridgehead atoms. The average molecular weight is 523 g/mol. The Morgan fingerprint density at radius 3 is 2.42 bits per heavy atom. The van der Waals surface area contributed by atoms with E-state index in [0.717, 1.165) is 35.1 Å². The summed E-state index contributed by atoms with van der Waals surface area (Å²) >= 11 is 7.66. The van der Waals surface area contributed by atoms with Crippen LogP contribution in [0.2, 0.25) is 5.02 Å².